The molecule has 1 amide bonds. The molecule has 1 aromatic heterocycles. The molecule has 0 saturated carbocycles. The highest BCUT2D eigenvalue weighted by Crippen LogP contribution is 2.16. The molecule has 2 rings (SSSR count). The Morgan fingerprint density at radius 2 is 2.43 bits per heavy atom. The molecule has 0 bridgehead atoms. The zero-order valence-corrected chi connectivity index (χ0v) is 12.8. The van der Waals surface area contributed by atoms with Crippen LogP contribution in [0.5, 0.6) is 0 Å². The van der Waals surface area contributed by atoms with Crippen LogP contribution in [-0.2, 0) is 6.42 Å². The average molecular weight is 294 g/mol. The molecule has 0 aliphatic carbocycles. The number of hydrogen-bond acceptors (Lipinski definition) is 5. The van der Waals surface area contributed by atoms with Crippen LogP contribution in [0.25, 0.3) is 0 Å². The number of nitrogens with two attached hydrogens (primary N) is 1. The van der Waals surface area contributed by atoms with Crippen LogP contribution in [-0.4, -0.2) is 48.0 Å². The Hall–Kier alpha value is -1.40. The van der Waals surface area contributed by atoms with Crippen molar-refractivity contribution in [3.8, 4) is 0 Å². The first-order chi connectivity index (χ1) is 10.2. The van der Waals surface area contributed by atoms with Gasteiger partial charge in [-0.25, -0.2) is 4.98 Å². The molecule has 0 aromatic carbocycles. The SMILES string of the molecule is CC1CCCCN1CCCNC(=O)c1coc(CCN)n1. The molecule has 1 saturated heterocycles. The molecule has 0 spiro atoms. The number of carbonyl (C=O) groups is 1. The third-order valence-electron chi connectivity index (χ3n) is 3.99. The predicted octanol–water partition coefficient (Wildman–Crippen LogP) is 1.17. The lowest BCUT2D eigenvalue weighted by molar-refractivity contribution is 0.0944. The maximum atomic E-state index is 11.9. The molecule has 21 heavy (non-hydrogen) atoms. The number of likely N-dealkylation sites (tertiary alicyclic amines) is 1. The van der Waals surface area contributed by atoms with Crippen molar-refractivity contribution in [1.29, 1.82) is 0 Å². The topological polar surface area (TPSA) is 84.4 Å². The summed E-state index contributed by atoms with van der Waals surface area (Å²) >= 11 is 0. The van der Waals surface area contributed by atoms with Crippen molar-refractivity contribution in [2.24, 2.45) is 5.73 Å². The Morgan fingerprint density at radius 3 is 3.19 bits per heavy atom. The van der Waals surface area contributed by atoms with Gasteiger partial charge in [0, 0.05) is 32.1 Å². The van der Waals surface area contributed by atoms with Gasteiger partial charge in [-0.15, -0.1) is 0 Å². The number of nitrogens with one attached hydrogen (secondary N) is 1. The lowest BCUT2D eigenvalue weighted by Gasteiger charge is -2.33. The number of nitrogens with zero attached hydrogens (tertiary/aromatic N) is 2. The van der Waals surface area contributed by atoms with Crippen molar-refractivity contribution in [1.82, 2.24) is 15.2 Å². The van der Waals surface area contributed by atoms with Crippen molar-refractivity contribution in [2.75, 3.05) is 26.2 Å². The molecule has 1 aromatic rings. The van der Waals surface area contributed by atoms with E-state index in [1.807, 2.05) is 0 Å². The minimum absolute atomic E-state index is 0.172. The van der Waals surface area contributed by atoms with Gasteiger partial charge in [0.2, 0.25) is 0 Å². The van der Waals surface area contributed by atoms with E-state index in [0.29, 0.717) is 37.1 Å². The van der Waals surface area contributed by atoms with E-state index in [-0.39, 0.29) is 5.91 Å². The molecule has 1 aliphatic rings. The predicted molar refractivity (Wildman–Crippen MR) is 81.1 cm³/mol. The summed E-state index contributed by atoms with van der Waals surface area (Å²) in [6.07, 6.45) is 6.83. The zero-order valence-electron chi connectivity index (χ0n) is 12.8. The van der Waals surface area contributed by atoms with Gasteiger partial charge in [-0.3, -0.25) is 4.79 Å². The van der Waals surface area contributed by atoms with Crippen LogP contribution in [0.15, 0.2) is 10.7 Å². The third kappa shape index (κ3) is 4.82. The Labute approximate surface area is 126 Å². The Kier molecular flexibility index (Phi) is 6.20. The highest BCUT2D eigenvalue weighted by Gasteiger charge is 2.17. The molecule has 3 N–H and O–H groups in total. The van der Waals surface area contributed by atoms with Gasteiger partial charge in [-0.2, -0.15) is 0 Å². The van der Waals surface area contributed by atoms with Gasteiger partial charge >= 0.3 is 0 Å². The minimum atomic E-state index is -0.172. The fourth-order valence-electron chi connectivity index (χ4n) is 2.72. The van der Waals surface area contributed by atoms with E-state index in [1.165, 1.54) is 32.1 Å². The molecule has 0 radical (unpaired) electrons. The second kappa shape index (κ2) is 8.14. The molecular weight excluding hydrogens is 268 g/mol. The second-order valence-electron chi connectivity index (χ2n) is 5.66. The van der Waals surface area contributed by atoms with E-state index < -0.39 is 0 Å². The second-order valence-corrected chi connectivity index (χ2v) is 5.66. The Morgan fingerprint density at radius 1 is 1.57 bits per heavy atom. The molecule has 6 heteroatoms. The van der Waals surface area contributed by atoms with Crippen LogP contribution in [0, 0.1) is 0 Å². The van der Waals surface area contributed by atoms with Crippen LogP contribution in [0.4, 0.5) is 0 Å². The molecule has 2 heterocycles. The molecule has 118 valence electrons. The standard InChI is InChI=1S/C15H26N4O2/c1-12-5-2-3-9-19(12)10-4-8-17-15(20)13-11-21-14(18-13)6-7-16/h11-12H,2-10,16H2,1H3,(H,17,20). The maximum absolute atomic E-state index is 11.9. The van der Waals surface area contributed by atoms with E-state index in [4.69, 9.17) is 10.2 Å². The van der Waals surface area contributed by atoms with Crippen LogP contribution < -0.4 is 11.1 Å². The van der Waals surface area contributed by atoms with Gasteiger partial charge in [0.15, 0.2) is 11.6 Å². The lowest BCUT2D eigenvalue weighted by Crippen LogP contribution is -2.39. The van der Waals surface area contributed by atoms with Gasteiger partial charge < -0.3 is 20.4 Å². The quantitative estimate of drug-likeness (QED) is 0.737. The third-order valence-corrected chi connectivity index (χ3v) is 3.99. The first-order valence-electron chi connectivity index (χ1n) is 7.87. The molecule has 1 unspecified atom stereocenters. The fraction of sp³-hybridized carbons (Fsp3) is 0.733. The normalized spacial score (nSPS) is 19.6. The summed E-state index contributed by atoms with van der Waals surface area (Å²) in [6.45, 7) is 5.64. The van der Waals surface area contributed by atoms with E-state index in [0.717, 1.165) is 13.0 Å². The summed E-state index contributed by atoms with van der Waals surface area (Å²) < 4.78 is 5.18. The first-order valence-corrected chi connectivity index (χ1v) is 7.87. The maximum Gasteiger partial charge on any atom is 0.273 e. The summed E-state index contributed by atoms with van der Waals surface area (Å²) in [5.41, 5.74) is 5.76. The van der Waals surface area contributed by atoms with Gasteiger partial charge in [0.05, 0.1) is 0 Å². The average Bonchev–Trinajstić information content (AvgIpc) is 2.94. The molecule has 1 aliphatic heterocycles. The van der Waals surface area contributed by atoms with Crippen LogP contribution in [0.3, 0.4) is 0 Å². The van der Waals surface area contributed by atoms with E-state index >= 15 is 0 Å². The lowest BCUT2D eigenvalue weighted by atomic mass is 10.0. The highest BCUT2D eigenvalue weighted by atomic mass is 16.3. The summed E-state index contributed by atoms with van der Waals surface area (Å²) in [7, 11) is 0. The van der Waals surface area contributed by atoms with Crippen molar-refractivity contribution in [3.63, 3.8) is 0 Å². The van der Waals surface area contributed by atoms with E-state index in [1.54, 1.807) is 0 Å². The number of hydrogen-bond donors (Lipinski definition) is 2. The van der Waals surface area contributed by atoms with Crippen LogP contribution >= 0.6 is 0 Å². The van der Waals surface area contributed by atoms with Crippen LogP contribution in [0.1, 0.15) is 49.0 Å². The van der Waals surface area contributed by atoms with Gasteiger partial charge in [0.1, 0.15) is 6.26 Å². The summed E-state index contributed by atoms with van der Waals surface area (Å²) in [5, 5.41) is 2.89. The number of aromatic nitrogens is 1. The smallest absolute Gasteiger partial charge is 0.273 e. The number of oxazole rings is 1. The van der Waals surface area contributed by atoms with Gasteiger partial charge in [-0.05, 0) is 32.7 Å². The van der Waals surface area contributed by atoms with Crippen molar-refractivity contribution in [2.45, 2.75) is 45.1 Å². The summed E-state index contributed by atoms with van der Waals surface area (Å²) in [6, 6.07) is 0.670. The number of piperidine rings is 1. The summed E-state index contributed by atoms with van der Waals surface area (Å²) in [4.78, 5) is 18.5. The summed E-state index contributed by atoms with van der Waals surface area (Å²) in [5.74, 6) is 0.346. The Bertz CT molecular complexity index is 447. The van der Waals surface area contributed by atoms with E-state index in [2.05, 4.69) is 22.1 Å². The number of rotatable bonds is 7. The highest BCUT2D eigenvalue weighted by molar-refractivity contribution is 5.91. The van der Waals surface area contributed by atoms with Crippen LogP contribution in [0.2, 0.25) is 0 Å². The largest absolute Gasteiger partial charge is 0.448 e. The molecule has 1 atom stereocenters. The monoisotopic (exact) mass is 294 g/mol. The van der Waals surface area contributed by atoms with E-state index in [9.17, 15) is 4.79 Å². The minimum Gasteiger partial charge on any atom is -0.448 e. The molecule has 6 nitrogen and oxygen atoms in total. The zero-order chi connectivity index (χ0) is 15.1. The van der Waals surface area contributed by atoms with Crippen molar-refractivity contribution in [3.05, 3.63) is 17.8 Å². The molecular formula is C15H26N4O2. The van der Waals surface area contributed by atoms with Gasteiger partial charge in [0.25, 0.3) is 5.91 Å². The van der Waals surface area contributed by atoms with Crippen molar-refractivity contribution >= 4 is 5.91 Å². The Balaban J connectivity index is 1.66. The van der Waals surface area contributed by atoms with Gasteiger partial charge in [-0.1, -0.05) is 6.42 Å². The number of carbonyl (C=O) groups excluding carboxylic acids is 1. The first kappa shape index (κ1) is 16.0. The number of amides is 1. The fourth-order valence-corrected chi connectivity index (χ4v) is 2.72. The van der Waals surface area contributed by atoms with Crippen molar-refractivity contribution < 1.29 is 9.21 Å². The molecule has 1 fully saturated rings.